The van der Waals surface area contributed by atoms with Crippen molar-refractivity contribution in [3.63, 3.8) is 0 Å². The molecule has 0 saturated carbocycles. The van der Waals surface area contributed by atoms with Crippen LogP contribution in [0.2, 0.25) is 0 Å². The number of hydrogen-bond acceptors (Lipinski definition) is 4. The van der Waals surface area contributed by atoms with E-state index in [1.807, 2.05) is 0 Å². The Labute approximate surface area is 129 Å². The molecule has 2 aromatic rings. The third-order valence-electron chi connectivity index (χ3n) is 4.42. The Morgan fingerprint density at radius 1 is 1.05 bits per heavy atom. The first-order valence-corrected chi connectivity index (χ1v) is 8.68. The van der Waals surface area contributed by atoms with Gasteiger partial charge in [0.1, 0.15) is 0 Å². The molecule has 0 atom stereocenters. The standard InChI is InChI=1S/C17H20N2OS/c1-2-4-14-11-15(6-5-13(14)3-1)16-12-21-17(18-16)19-7-9-20-10-8-19/h5-6,11-12H,1-4,7-10H2. The highest BCUT2D eigenvalue weighted by Gasteiger charge is 2.16. The number of morpholine rings is 1. The van der Waals surface area contributed by atoms with Gasteiger partial charge in [-0.3, -0.25) is 0 Å². The van der Waals surface area contributed by atoms with Gasteiger partial charge in [-0.25, -0.2) is 4.98 Å². The van der Waals surface area contributed by atoms with Crippen molar-refractivity contribution in [3.8, 4) is 11.3 Å². The number of aromatic nitrogens is 1. The minimum absolute atomic E-state index is 0.813. The summed E-state index contributed by atoms with van der Waals surface area (Å²) in [5, 5.41) is 3.32. The second-order valence-electron chi connectivity index (χ2n) is 5.81. The summed E-state index contributed by atoms with van der Waals surface area (Å²) >= 11 is 1.75. The van der Waals surface area contributed by atoms with E-state index in [1.54, 1.807) is 11.3 Å². The van der Waals surface area contributed by atoms with Gasteiger partial charge in [0.2, 0.25) is 0 Å². The Morgan fingerprint density at radius 3 is 2.71 bits per heavy atom. The van der Waals surface area contributed by atoms with Crippen LogP contribution in [0.1, 0.15) is 24.0 Å². The zero-order valence-corrected chi connectivity index (χ0v) is 13.0. The van der Waals surface area contributed by atoms with Crippen LogP contribution in [0.4, 0.5) is 5.13 Å². The molecule has 0 amide bonds. The van der Waals surface area contributed by atoms with Crippen molar-refractivity contribution >= 4 is 16.5 Å². The zero-order valence-electron chi connectivity index (χ0n) is 12.2. The Hall–Kier alpha value is -1.39. The fourth-order valence-corrected chi connectivity index (χ4v) is 4.08. The number of ether oxygens (including phenoxy) is 1. The molecule has 1 aromatic heterocycles. The van der Waals surface area contributed by atoms with Gasteiger partial charge < -0.3 is 9.64 Å². The first-order valence-electron chi connectivity index (χ1n) is 7.80. The monoisotopic (exact) mass is 300 g/mol. The lowest BCUT2D eigenvalue weighted by Crippen LogP contribution is -2.36. The highest BCUT2D eigenvalue weighted by molar-refractivity contribution is 7.14. The Morgan fingerprint density at radius 2 is 1.86 bits per heavy atom. The van der Waals surface area contributed by atoms with Gasteiger partial charge in [-0.2, -0.15) is 0 Å². The molecule has 0 spiro atoms. The van der Waals surface area contributed by atoms with E-state index in [0.29, 0.717) is 0 Å². The lowest BCUT2D eigenvalue weighted by Gasteiger charge is -2.26. The molecule has 3 nitrogen and oxygen atoms in total. The van der Waals surface area contributed by atoms with E-state index >= 15 is 0 Å². The van der Waals surface area contributed by atoms with Gasteiger partial charge in [-0.05, 0) is 42.9 Å². The third kappa shape index (κ3) is 2.70. The molecular formula is C17H20N2OS. The van der Waals surface area contributed by atoms with Gasteiger partial charge in [-0.1, -0.05) is 12.1 Å². The summed E-state index contributed by atoms with van der Waals surface area (Å²) in [6.07, 6.45) is 5.13. The minimum Gasteiger partial charge on any atom is -0.378 e. The second kappa shape index (κ2) is 5.78. The van der Waals surface area contributed by atoms with E-state index in [0.717, 1.165) is 37.1 Å². The quantitative estimate of drug-likeness (QED) is 0.848. The number of anilines is 1. The molecule has 4 heteroatoms. The molecule has 0 bridgehead atoms. The van der Waals surface area contributed by atoms with Gasteiger partial charge >= 0.3 is 0 Å². The van der Waals surface area contributed by atoms with Crippen molar-refractivity contribution in [3.05, 3.63) is 34.7 Å². The van der Waals surface area contributed by atoms with Gasteiger partial charge in [0.05, 0.1) is 18.9 Å². The number of aryl methyl sites for hydroxylation is 2. The highest BCUT2D eigenvalue weighted by Crippen LogP contribution is 2.31. The summed E-state index contributed by atoms with van der Waals surface area (Å²) in [5.74, 6) is 0. The van der Waals surface area contributed by atoms with Crippen molar-refractivity contribution < 1.29 is 4.74 Å². The van der Waals surface area contributed by atoms with Crippen LogP contribution in [0, 0.1) is 0 Å². The van der Waals surface area contributed by atoms with Crippen LogP contribution >= 0.6 is 11.3 Å². The summed E-state index contributed by atoms with van der Waals surface area (Å²) in [4.78, 5) is 7.17. The van der Waals surface area contributed by atoms with E-state index in [-0.39, 0.29) is 0 Å². The molecule has 1 aliphatic carbocycles. The predicted molar refractivity (Wildman–Crippen MR) is 87.2 cm³/mol. The molecule has 1 fully saturated rings. The van der Waals surface area contributed by atoms with Crippen LogP contribution in [0.5, 0.6) is 0 Å². The fourth-order valence-electron chi connectivity index (χ4n) is 3.19. The first kappa shape index (κ1) is 13.3. The fraction of sp³-hybridized carbons (Fsp3) is 0.471. The van der Waals surface area contributed by atoms with Gasteiger partial charge in [0.25, 0.3) is 0 Å². The third-order valence-corrected chi connectivity index (χ3v) is 5.32. The van der Waals surface area contributed by atoms with Crippen molar-refractivity contribution in [1.82, 2.24) is 4.98 Å². The normalized spacial score (nSPS) is 18.6. The summed E-state index contributed by atoms with van der Waals surface area (Å²) in [5.41, 5.74) is 5.45. The van der Waals surface area contributed by atoms with E-state index in [9.17, 15) is 0 Å². The van der Waals surface area contributed by atoms with Crippen LogP contribution in [0.15, 0.2) is 23.6 Å². The smallest absolute Gasteiger partial charge is 0.186 e. The molecule has 21 heavy (non-hydrogen) atoms. The van der Waals surface area contributed by atoms with Crippen LogP contribution in [0.3, 0.4) is 0 Å². The lowest BCUT2D eigenvalue weighted by molar-refractivity contribution is 0.122. The van der Waals surface area contributed by atoms with Crippen molar-refractivity contribution in [2.75, 3.05) is 31.2 Å². The zero-order chi connectivity index (χ0) is 14.1. The number of thiazole rings is 1. The van der Waals surface area contributed by atoms with Crippen LogP contribution in [-0.2, 0) is 17.6 Å². The largest absolute Gasteiger partial charge is 0.378 e. The van der Waals surface area contributed by atoms with Crippen molar-refractivity contribution in [2.45, 2.75) is 25.7 Å². The maximum atomic E-state index is 5.41. The molecule has 1 aliphatic heterocycles. The van der Waals surface area contributed by atoms with Crippen molar-refractivity contribution in [1.29, 1.82) is 0 Å². The van der Waals surface area contributed by atoms with Gasteiger partial charge in [0.15, 0.2) is 5.13 Å². The molecule has 1 saturated heterocycles. The van der Waals surface area contributed by atoms with Crippen molar-refractivity contribution in [2.24, 2.45) is 0 Å². The first-order chi connectivity index (χ1) is 10.4. The maximum Gasteiger partial charge on any atom is 0.186 e. The molecule has 0 N–H and O–H groups in total. The highest BCUT2D eigenvalue weighted by atomic mass is 32.1. The second-order valence-corrected chi connectivity index (χ2v) is 6.64. The molecule has 2 aliphatic rings. The molecular weight excluding hydrogens is 280 g/mol. The SMILES string of the molecule is c1cc2c(cc1-c1csc(N3CCOCC3)n1)CCCC2. The lowest BCUT2D eigenvalue weighted by atomic mass is 9.90. The van der Waals surface area contributed by atoms with Crippen LogP contribution < -0.4 is 4.90 Å². The Balaban J connectivity index is 1.60. The number of hydrogen-bond donors (Lipinski definition) is 0. The summed E-state index contributed by atoms with van der Waals surface area (Å²) < 4.78 is 5.41. The Bertz CT molecular complexity index is 631. The maximum absolute atomic E-state index is 5.41. The van der Waals surface area contributed by atoms with Gasteiger partial charge in [-0.15, -0.1) is 11.3 Å². The average molecular weight is 300 g/mol. The molecule has 4 rings (SSSR count). The van der Waals surface area contributed by atoms with Crippen LogP contribution in [0.25, 0.3) is 11.3 Å². The molecule has 2 heterocycles. The summed E-state index contributed by atoms with van der Waals surface area (Å²) in [6, 6.07) is 6.90. The van der Waals surface area contributed by atoms with Crippen LogP contribution in [-0.4, -0.2) is 31.3 Å². The molecule has 0 unspecified atom stereocenters. The molecule has 0 radical (unpaired) electrons. The number of rotatable bonds is 2. The minimum atomic E-state index is 0.813. The number of benzene rings is 1. The summed E-state index contributed by atoms with van der Waals surface area (Å²) in [6.45, 7) is 3.54. The Kier molecular flexibility index (Phi) is 3.65. The van der Waals surface area contributed by atoms with E-state index in [1.165, 1.54) is 42.4 Å². The topological polar surface area (TPSA) is 25.4 Å². The molecule has 110 valence electrons. The number of nitrogens with zero attached hydrogens (tertiary/aromatic N) is 2. The van der Waals surface area contributed by atoms with E-state index in [4.69, 9.17) is 9.72 Å². The number of fused-ring (bicyclic) bond motifs is 1. The average Bonchev–Trinajstić information content (AvgIpc) is 3.05. The predicted octanol–water partition coefficient (Wildman–Crippen LogP) is 3.53. The van der Waals surface area contributed by atoms with E-state index < -0.39 is 0 Å². The van der Waals surface area contributed by atoms with Gasteiger partial charge in [0, 0.05) is 24.0 Å². The van der Waals surface area contributed by atoms with E-state index in [2.05, 4.69) is 28.5 Å². The summed E-state index contributed by atoms with van der Waals surface area (Å²) in [7, 11) is 0. The molecule has 1 aromatic carbocycles.